The van der Waals surface area contributed by atoms with Crippen LogP contribution >= 0.6 is 0 Å². The third-order valence-electron chi connectivity index (χ3n) is 4.61. The molecule has 1 aromatic rings. The molecule has 0 spiro atoms. The van der Waals surface area contributed by atoms with Crippen molar-refractivity contribution >= 4 is 22.9 Å². The van der Waals surface area contributed by atoms with Crippen LogP contribution in [0.3, 0.4) is 0 Å². The minimum Gasteiger partial charge on any atom is -0.481 e. The van der Waals surface area contributed by atoms with Gasteiger partial charge in [0.25, 0.3) is 0 Å². The van der Waals surface area contributed by atoms with E-state index < -0.39 is 24.3 Å². The maximum Gasteiger partial charge on any atom is 0.310 e. The minimum absolute atomic E-state index is 0.195. The average Bonchev–Trinajstić information content (AvgIpc) is 2.79. The van der Waals surface area contributed by atoms with Gasteiger partial charge in [-0.3, -0.25) is 9.59 Å². The van der Waals surface area contributed by atoms with Crippen LogP contribution in [0.5, 0.6) is 0 Å². The Hall–Kier alpha value is -2.98. The zero-order chi connectivity index (χ0) is 19.2. The van der Waals surface area contributed by atoms with Crippen molar-refractivity contribution in [1.82, 2.24) is 0 Å². The molecule has 0 bridgehead atoms. The Morgan fingerprint density at radius 2 is 1.89 bits per heavy atom. The van der Waals surface area contributed by atoms with Crippen molar-refractivity contribution in [1.29, 1.82) is 0 Å². The topological polar surface area (TPSA) is 74.6 Å². The molecular formula is C23H22O4. The first-order valence-electron chi connectivity index (χ1n) is 9.02. The van der Waals surface area contributed by atoms with E-state index in [1.54, 1.807) is 6.08 Å². The fourth-order valence-electron chi connectivity index (χ4n) is 3.37. The number of carboxylic acid groups (broad SMARTS) is 1. The molecule has 0 aromatic heterocycles. The molecule has 1 atom stereocenters. The van der Waals surface area contributed by atoms with Gasteiger partial charge in [0.2, 0.25) is 0 Å². The molecule has 1 unspecified atom stereocenters. The van der Waals surface area contributed by atoms with Gasteiger partial charge in [0, 0.05) is 6.42 Å². The molecule has 4 nitrogen and oxygen atoms in total. The lowest BCUT2D eigenvalue weighted by Gasteiger charge is -2.15. The third-order valence-corrected chi connectivity index (χ3v) is 4.61. The summed E-state index contributed by atoms with van der Waals surface area (Å²) in [6, 6.07) is 8.26. The normalized spacial score (nSPS) is 18.3. The monoisotopic (exact) mass is 362 g/mol. The Kier molecular flexibility index (Phi) is 5.99. The van der Waals surface area contributed by atoms with E-state index in [2.05, 4.69) is 36.4 Å². The van der Waals surface area contributed by atoms with Gasteiger partial charge < -0.3 is 10.2 Å². The standard InChI is InChI=1S/C23H22O4/c24-18(14-19(25)15-23(26)27)8-5-7-17-13-12-16-6-1-2-9-20(16)22-11-4-3-10-21(17)22/h1,3-8,10-13,18,24H,2,9,14-15H2,(H,26,27)/b8-5+,17-7+. The van der Waals surface area contributed by atoms with Crippen LogP contribution in [0.15, 0.2) is 72.4 Å². The van der Waals surface area contributed by atoms with Crippen LogP contribution < -0.4 is 0 Å². The number of Topliss-reactive ketones (excluding diaryl/α,β-unsaturated/α-hetero) is 1. The van der Waals surface area contributed by atoms with E-state index in [9.17, 15) is 14.7 Å². The minimum atomic E-state index is -1.18. The first-order chi connectivity index (χ1) is 13.0. The Labute approximate surface area is 158 Å². The molecule has 2 aliphatic rings. The number of benzene rings is 1. The number of aliphatic hydroxyl groups excluding tert-OH is 1. The molecule has 0 fully saturated rings. The number of ketones is 1. The van der Waals surface area contributed by atoms with Crippen molar-refractivity contribution < 1.29 is 19.8 Å². The Morgan fingerprint density at radius 3 is 2.67 bits per heavy atom. The van der Waals surface area contributed by atoms with E-state index in [0.717, 1.165) is 24.0 Å². The second-order valence-corrected chi connectivity index (χ2v) is 6.64. The molecule has 0 amide bonds. The van der Waals surface area contributed by atoms with Crippen LogP contribution in [0.4, 0.5) is 0 Å². The van der Waals surface area contributed by atoms with Gasteiger partial charge in [-0.15, -0.1) is 0 Å². The molecule has 3 rings (SSSR count). The van der Waals surface area contributed by atoms with E-state index in [1.165, 1.54) is 22.8 Å². The number of hydrogen-bond acceptors (Lipinski definition) is 3. The van der Waals surface area contributed by atoms with E-state index >= 15 is 0 Å². The maximum atomic E-state index is 11.5. The van der Waals surface area contributed by atoms with Gasteiger partial charge in [-0.25, -0.2) is 0 Å². The second kappa shape index (κ2) is 8.60. The smallest absolute Gasteiger partial charge is 0.310 e. The number of rotatable bonds is 6. The lowest BCUT2D eigenvalue weighted by molar-refractivity contribution is -0.140. The lowest BCUT2D eigenvalue weighted by Crippen LogP contribution is -2.14. The van der Waals surface area contributed by atoms with Gasteiger partial charge in [0.1, 0.15) is 12.2 Å². The van der Waals surface area contributed by atoms with Gasteiger partial charge in [0.05, 0.1) is 6.10 Å². The molecule has 0 heterocycles. The SMILES string of the molecule is O=C(O)CC(=O)CC(O)/C=C/C=C1\C=CC2=C(CCC=C2)c2ccccc21. The zero-order valence-electron chi connectivity index (χ0n) is 15.0. The number of allylic oxidation sites excluding steroid dienone is 9. The van der Waals surface area contributed by atoms with E-state index in [-0.39, 0.29) is 6.42 Å². The van der Waals surface area contributed by atoms with E-state index in [0.29, 0.717) is 0 Å². The predicted molar refractivity (Wildman–Crippen MR) is 106 cm³/mol. The average molecular weight is 362 g/mol. The highest BCUT2D eigenvalue weighted by atomic mass is 16.4. The van der Waals surface area contributed by atoms with Crippen LogP contribution in [0, 0.1) is 0 Å². The Morgan fingerprint density at radius 1 is 1.11 bits per heavy atom. The summed E-state index contributed by atoms with van der Waals surface area (Å²) in [4.78, 5) is 22.0. The highest BCUT2D eigenvalue weighted by Crippen LogP contribution is 2.37. The zero-order valence-corrected chi connectivity index (χ0v) is 15.0. The lowest BCUT2D eigenvalue weighted by atomic mass is 9.89. The van der Waals surface area contributed by atoms with E-state index in [4.69, 9.17) is 5.11 Å². The highest BCUT2D eigenvalue weighted by Gasteiger charge is 2.16. The summed E-state index contributed by atoms with van der Waals surface area (Å²) < 4.78 is 0. The largest absolute Gasteiger partial charge is 0.481 e. The number of carbonyl (C=O) groups excluding carboxylic acids is 1. The quantitative estimate of drug-likeness (QED) is 0.748. The molecule has 0 saturated heterocycles. The van der Waals surface area contributed by atoms with Gasteiger partial charge in [-0.05, 0) is 40.7 Å². The Bertz CT molecular complexity index is 897. The summed E-state index contributed by atoms with van der Waals surface area (Å²) in [6.45, 7) is 0. The fourth-order valence-corrected chi connectivity index (χ4v) is 3.37. The van der Waals surface area contributed by atoms with Crippen molar-refractivity contribution in [3.63, 3.8) is 0 Å². The molecule has 1 aromatic carbocycles. The predicted octanol–water partition coefficient (Wildman–Crippen LogP) is 4.09. The van der Waals surface area contributed by atoms with Crippen LogP contribution in [0.1, 0.15) is 36.8 Å². The maximum absolute atomic E-state index is 11.5. The third kappa shape index (κ3) is 4.80. The number of carboxylic acids is 1. The molecule has 4 heteroatoms. The molecule has 0 radical (unpaired) electrons. The number of hydrogen-bond donors (Lipinski definition) is 2. The summed E-state index contributed by atoms with van der Waals surface area (Å²) in [6.07, 6.45) is 13.9. The number of carbonyl (C=O) groups is 2. The molecule has 138 valence electrons. The molecule has 27 heavy (non-hydrogen) atoms. The van der Waals surface area contributed by atoms with Gasteiger partial charge in [0.15, 0.2) is 0 Å². The molecular weight excluding hydrogens is 340 g/mol. The summed E-state index contributed by atoms with van der Waals surface area (Å²) in [5, 5.41) is 18.5. The fraction of sp³-hybridized carbons (Fsp3) is 0.217. The first-order valence-corrected chi connectivity index (χ1v) is 9.02. The van der Waals surface area contributed by atoms with Crippen molar-refractivity contribution in [3.8, 4) is 0 Å². The summed E-state index contributed by atoms with van der Waals surface area (Å²) in [5.41, 5.74) is 5.94. The van der Waals surface area contributed by atoms with E-state index in [1.807, 2.05) is 18.2 Å². The first kappa shape index (κ1) is 18.8. The van der Waals surface area contributed by atoms with Gasteiger partial charge >= 0.3 is 5.97 Å². The van der Waals surface area contributed by atoms with Gasteiger partial charge in [-0.1, -0.05) is 66.8 Å². The van der Waals surface area contributed by atoms with Crippen molar-refractivity contribution in [2.75, 3.05) is 0 Å². The van der Waals surface area contributed by atoms with Crippen LogP contribution in [-0.2, 0) is 9.59 Å². The molecule has 0 saturated carbocycles. The van der Waals surface area contributed by atoms with Crippen LogP contribution in [0.2, 0.25) is 0 Å². The van der Waals surface area contributed by atoms with Crippen LogP contribution in [0.25, 0.3) is 11.1 Å². The number of fused-ring (bicyclic) bond motifs is 2. The molecule has 2 N–H and O–H groups in total. The second-order valence-electron chi connectivity index (χ2n) is 6.64. The number of aliphatic carboxylic acids is 1. The summed E-state index contributed by atoms with van der Waals surface area (Å²) >= 11 is 0. The van der Waals surface area contributed by atoms with Gasteiger partial charge in [-0.2, -0.15) is 0 Å². The number of aliphatic hydroxyl groups is 1. The molecule has 2 aliphatic carbocycles. The summed E-state index contributed by atoms with van der Waals surface area (Å²) in [7, 11) is 0. The highest BCUT2D eigenvalue weighted by molar-refractivity contribution is 5.95. The van der Waals surface area contributed by atoms with Crippen LogP contribution in [-0.4, -0.2) is 28.1 Å². The van der Waals surface area contributed by atoms with Crippen molar-refractivity contribution in [3.05, 3.63) is 83.5 Å². The Balaban J connectivity index is 1.80. The van der Waals surface area contributed by atoms with Crippen molar-refractivity contribution in [2.24, 2.45) is 0 Å². The van der Waals surface area contributed by atoms with Crippen molar-refractivity contribution in [2.45, 2.75) is 31.8 Å². The summed E-state index contributed by atoms with van der Waals surface area (Å²) in [5.74, 6) is -1.67. The molecule has 0 aliphatic heterocycles.